The maximum Gasteiger partial charge on any atom is 0.338 e. The van der Waals surface area contributed by atoms with Crippen molar-refractivity contribution in [2.24, 2.45) is 5.92 Å². The molecule has 1 N–H and O–H groups in total. The van der Waals surface area contributed by atoms with Crippen LogP contribution in [-0.2, 0) is 14.8 Å². The predicted octanol–water partition coefficient (Wildman–Crippen LogP) is 3.43. The van der Waals surface area contributed by atoms with Crippen LogP contribution >= 0.6 is 0 Å². The number of benzene rings is 1. The smallest absolute Gasteiger partial charge is 0.338 e. The normalized spacial score (nSPS) is 11.5. The highest BCUT2D eigenvalue weighted by molar-refractivity contribution is 7.92. The molecular weight excluding hydrogens is 302 g/mol. The summed E-state index contributed by atoms with van der Waals surface area (Å²) in [4.78, 5) is 11.7. The third-order valence-electron chi connectivity index (χ3n) is 3.09. The Morgan fingerprint density at radius 1 is 1.23 bits per heavy atom. The van der Waals surface area contributed by atoms with Crippen LogP contribution in [0.1, 0.15) is 50.4 Å². The van der Waals surface area contributed by atoms with Gasteiger partial charge in [-0.05, 0) is 43.0 Å². The Hall–Kier alpha value is -1.56. The van der Waals surface area contributed by atoms with Gasteiger partial charge in [0.05, 0.1) is 17.9 Å². The molecule has 0 aliphatic heterocycles. The summed E-state index contributed by atoms with van der Waals surface area (Å²) in [6.07, 6.45) is 2.40. The fourth-order valence-electron chi connectivity index (χ4n) is 1.69. The maximum atomic E-state index is 11.9. The van der Waals surface area contributed by atoms with Gasteiger partial charge >= 0.3 is 5.97 Å². The zero-order valence-electron chi connectivity index (χ0n) is 13.5. The van der Waals surface area contributed by atoms with Crippen molar-refractivity contribution in [2.45, 2.75) is 40.0 Å². The third-order valence-corrected chi connectivity index (χ3v) is 4.41. The Kier molecular flexibility index (Phi) is 7.38. The number of carbonyl (C=O) groups is 1. The Morgan fingerprint density at radius 3 is 2.41 bits per heavy atom. The fourth-order valence-corrected chi connectivity index (χ4v) is 3.07. The van der Waals surface area contributed by atoms with E-state index in [-0.39, 0.29) is 11.7 Å². The molecule has 1 aromatic rings. The van der Waals surface area contributed by atoms with Crippen molar-refractivity contribution in [2.75, 3.05) is 17.1 Å². The average molecular weight is 327 g/mol. The fraction of sp³-hybridized carbons (Fsp3) is 0.562. The van der Waals surface area contributed by atoms with Crippen molar-refractivity contribution in [1.82, 2.24) is 0 Å². The Bertz CT molecular complexity index is 564. The highest BCUT2D eigenvalue weighted by Gasteiger charge is 2.12. The molecule has 0 unspecified atom stereocenters. The van der Waals surface area contributed by atoms with Crippen molar-refractivity contribution >= 4 is 21.7 Å². The topological polar surface area (TPSA) is 72.5 Å². The first-order chi connectivity index (χ1) is 10.3. The zero-order chi connectivity index (χ0) is 16.6. The number of carbonyl (C=O) groups excluding carboxylic acids is 1. The molecule has 124 valence electrons. The van der Waals surface area contributed by atoms with Gasteiger partial charge in [0.25, 0.3) is 0 Å². The number of anilines is 1. The first-order valence-electron chi connectivity index (χ1n) is 7.61. The monoisotopic (exact) mass is 327 g/mol. The third kappa shape index (κ3) is 6.93. The molecule has 1 rings (SSSR count). The predicted molar refractivity (Wildman–Crippen MR) is 88.5 cm³/mol. The summed E-state index contributed by atoms with van der Waals surface area (Å²) in [6.45, 7) is 6.38. The second kappa shape index (κ2) is 8.78. The van der Waals surface area contributed by atoms with Crippen molar-refractivity contribution in [3.8, 4) is 0 Å². The van der Waals surface area contributed by atoms with E-state index in [1.54, 1.807) is 24.3 Å². The van der Waals surface area contributed by atoms with Gasteiger partial charge in [-0.2, -0.15) is 0 Å². The minimum atomic E-state index is -3.35. The van der Waals surface area contributed by atoms with Crippen LogP contribution in [0.4, 0.5) is 5.69 Å². The van der Waals surface area contributed by atoms with Gasteiger partial charge in [0.2, 0.25) is 10.0 Å². The molecule has 0 saturated carbocycles. The van der Waals surface area contributed by atoms with Crippen molar-refractivity contribution in [3.05, 3.63) is 29.8 Å². The van der Waals surface area contributed by atoms with E-state index in [1.807, 2.05) is 20.8 Å². The molecule has 0 bridgehead atoms. The van der Waals surface area contributed by atoms with E-state index in [1.165, 1.54) is 0 Å². The largest absolute Gasteiger partial charge is 0.462 e. The van der Waals surface area contributed by atoms with Gasteiger partial charge in [0, 0.05) is 5.69 Å². The molecule has 0 atom stereocenters. The minimum absolute atomic E-state index is 0.0888. The Balaban J connectivity index is 2.59. The second-order valence-electron chi connectivity index (χ2n) is 5.67. The average Bonchev–Trinajstić information content (AvgIpc) is 2.46. The molecule has 6 heteroatoms. The summed E-state index contributed by atoms with van der Waals surface area (Å²) in [5, 5.41) is 0. The van der Waals surface area contributed by atoms with E-state index in [0.29, 0.717) is 30.2 Å². The summed E-state index contributed by atoms with van der Waals surface area (Å²) in [5.74, 6) is 0.0328. The summed E-state index contributed by atoms with van der Waals surface area (Å²) in [7, 11) is -3.35. The van der Waals surface area contributed by atoms with Crippen LogP contribution in [-0.4, -0.2) is 26.7 Å². The first-order valence-corrected chi connectivity index (χ1v) is 9.27. The highest BCUT2D eigenvalue weighted by atomic mass is 32.2. The summed E-state index contributed by atoms with van der Waals surface area (Å²) >= 11 is 0. The summed E-state index contributed by atoms with van der Waals surface area (Å²) < 4.78 is 31.4. The summed E-state index contributed by atoms with van der Waals surface area (Å²) in [6, 6.07) is 6.27. The maximum absolute atomic E-state index is 11.9. The second-order valence-corrected chi connectivity index (χ2v) is 7.51. The van der Waals surface area contributed by atoms with Gasteiger partial charge in [-0.3, -0.25) is 4.72 Å². The standard InChI is InChI=1S/C16H25NO4S/c1-4-5-11-21-16(18)14-6-8-15(9-7-14)17-22(19,20)12-10-13(2)3/h6-9,13,17H,4-5,10-12H2,1-3H3. The van der Waals surface area contributed by atoms with Crippen molar-refractivity contribution < 1.29 is 17.9 Å². The van der Waals surface area contributed by atoms with Crippen molar-refractivity contribution in [1.29, 1.82) is 0 Å². The Labute approximate surface area is 133 Å². The van der Waals surface area contributed by atoms with E-state index >= 15 is 0 Å². The van der Waals surface area contributed by atoms with Crippen LogP contribution in [0.5, 0.6) is 0 Å². The lowest BCUT2D eigenvalue weighted by Gasteiger charge is -2.10. The van der Waals surface area contributed by atoms with Gasteiger partial charge < -0.3 is 4.74 Å². The number of sulfonamides is 1. The number of rotatable bonds is 9. The van der Waals surface area contributed by atoms with Crippen molar-refractivity contribution in [3.63, 3.8) is 0 Å². The van der Waals surface area contributed by atoms with E-state index in [4.69, 9.17) is 4.74 Å². The van der Waals surface area contributed by atoms with E-state index in [9.17, 15) is 13.2 Å². The zero-order valence-corrected chi connectivity index (χ0v) is 14.3. The molecule has 0 fully saturated rings. The minimum Gasteiger partial charge on any atom is -0.462 e. The molecule has 0 aliphatic rings. The number of esters is 1. The number of hydrogen-bond acceptors (Lipinski definition) is 4. The quantitative estimate of drug-likeness (QED) is 0.557. The molecule has 0 amide bonds. The molecule has 0 radical (unpaired) electrons. The molecule has 0 saturated heterocycles. The van der Waals surface area contributed by atoms with Gasteiger partial charge in [-0.25, -0.2) is 13.2 Å². The molecule has 0 heterocycles. The van der Waals surface area contributed by atoms with Crippen LogP contribution in [0.3, 0.4) is 0 Å². The van der Waals surface area contributed by atoms with E-state index in [2.05, 4.69) is 4.72 Å². The van der Waals surface area contributed by atoms with Gasteiger partial charge in [-0.1, -0.05) is 27.2 Å². The van der Waals surface area contributed by atoms with Gasteiger partial charge in [0.1, 0.15) is 0 Å². The van der Waals surface area contributed by atoms with Crippen LogP contribution < -0.4 is 4.72 Å². The van der Waals surface area contributed by atoms with Crippen LogP contribution in [0.25, 0.3) is 0 Å². The molecule has 22 heavy (non-hydrogen) atoms. The SMILES string of the molecule is CCCCOC(=O)c1ccc(NS(=O)(=O)CCC(C)C)cc1. The van der Waals surface area contributed by atoms with Crippen LogP contribution in [0.2, 0.25) is 0 Å². The van der Waals surface area contributed by atoms with Gasteiger partial charge in [-0.15, -0.1) is 0 Å². The van der Waals surface area contributed by atoms with Crippen LogP contribution in [0, 0.1) is 5.92 Å². The molecule has 0 aliphatic carbocycles. The number of nitrogens with one attached hydrogen (secondary N) is 1. The van der Waals surface area contributed by atoms with Crippen LogP contribution in [0.15, 0.2) is 24.3 Å². The van der Waals surface area contributed by atoms with E-state index in [0.717, 1.165) is 12.8 Å². The lowest BCUT2D eigenvalue weighted by Crippen LogP contribution is -2.18. The number of hydrogen-bond donors (Lipinski definition) is 1. The number of ether oxygens (including phenoxy) is 1. The molecule has 1 aromatic carbocycles. The number of unbranched alkanes of at least 4 members (excludes halogenated alkanes) is 1. The summed E-state index contributed by atoms with van der Waals surface area (Å²) in [5.41, 5.74) is 0.870. The Morgan fingerprint density at radius 2 is 1.86 bits per heavy atom. The lowest BCUT2D eigenvalue weighted by molar-refractivity contribution is 0.0500. The molecule has 0 aromatic heterocycles. The van der Waals surface area contributed by atoms with E-state index < -0.39 is 10.0 Å². The first kappa shape index (κ1) is 18.5. The molecule has 5 nitrogen and oxygen atoms in total. The molecular formula is C16H25NO4S. The molecule has 0 spiro atoms. The highest BCUT2D eigenvalue weighted by Crippen LogP contribution is 2.14. The lowest BCUT2D eigenvalue weighted by atomic mass is 10.2. The van der Waals surface area contributed by atoms with Gasteiger partial charge in [0.15, 0.2) is 0 Å².